The van der Waals surface area contributed by atoms with Crippen molar-refractivity contribution in [3.63, 3.8) is 0 Å². The summed E-state index contributed by atoms with van der Waals surface area (Å²) < 4.78 is 11.1. The maximum atomic E-state index is 5.82. The Morgan fingerprint density at radius 2 is 1.82 bits per heavy atom. The van der Waals surface area contributed by atoms with Gasteiger partial charge in [-0.15, -0.1) is 0 Å². The topological polar surface area (TPSA) is 30.5 Å². The van der Waals surface area contributed by atoms with E-state index in [0.29, 0.717) is 18.6 Å². The van der Waals surface area contributed by atoms with Crippen molar-refractivity contribution < 1.29 is 9.47 Å². The van der Waals surface area contributed by atoms with Crippen LogP contribution in [0.3, 0.4) is 0 Å². The van der Waals surface area contributed by atoms with E-state index in [1.807, 2.05) is 24.3 Å². The van der Waals surface area contributed by atoms with Gasteiger partial charge in [-0.1, -0.05) is 32.9 Å². The van der Waals surface area contributed by atoms with E-state index < -0.39 is 0 Å². The summed E-state index contributed by atoms with van der Waals surface area (Å²) >= 11 is 0. The van der Waals surface area contributed by atoms with Crippen LogP contribution in [0.1, 0.15) is 20.8 Å². The molecule has 0 bridgehead atoms. The monoisotopic (exact) mass is 237 g/mol. The fourth-order valence-corrected chi connectivity index (χ4v) is 1.67. The van der Waals surface area contributed by atoms with E-state index in [1.165, 1.54) is 0 Å². The Hall–Kier alpha value is -1.22. The summed E-state index contributed by atoms with van der Waals surface area (Å²) in [7, 11) is 1.66. The van der Waals surface area contributed by atoms with Crippen molar-refractivity contribution in [2.75, 3.05) is 20.3 Å². The van der Waals surface area contributed by atoms with Crippen LogP contribution in [0.25, 0.3) is 0 Å². The van der Waals surface area contributed by atoms with Gasteiger partial charge >= 0.3 is 0 Å². The van der Waals surface area contributed by atoms with Crippen molar-refractivity contribution in [3.8, 4) is 11.5 Å². The minimum Gasteiger partial charge on any atom is -0.493 e. The average Bonchev–Trinajstić information content (AvgIpc) is 2.34. The molecule has 1 atom stereocenters. The standard InChI is InChI=1S/C14H23NO2/c1-5-15-12(11(2)3)10-17-14-9-7-6-8-13(14)16-4/h6-9,11-12,15H,5,10H2,1-4H3. The first-order chi connectivity index (χ1) is 8.19. The summed E-state index contributed by atoms with van der Waals surface area (Å²) in [4.78, 5) is 0. The first-order valence-corrected chi connectivity index (χ1v) is 6.18. The number of hydrogen-bond acceptors (Lipinski definition) is 3. The van der Waals surface area contributed by atoms with E-state index in [-0.39, 0.29) is 0 Å². The van der Waals surface area contributed by atoms with Crippen molar-refractivity contribution in [2.45, 2.75) is 26.8 Å². The maximum Gasteiger partial charge on any atom is 0.161 e. The molecule has 17 heavy (non-hydrogen) atoms. The number of nitrogens with one attached hydrogen (secondary N) is 1. The summed E-state index contributed by atoms with van der Waals surface area (Å²) in [6.07, 6.45) is 0. The average molecular weight is 237 g/mol. The molecule has 0 radical (unpaired) electrons. The molecule has 1 rings (SSSR count). The lowest BCUT2D eigenvalue weighted by molar-refractivity contribution is 0.224. The second-order valence-electron chi connectivity index (χ2n) is 4.37. The van der Waals surface area contributed by atoms with Crippen LogP contribution < -0.4 is 14.8 Å². The van der Waals surface area contributed by atoms with E-state index in [1.54, 1.807) is 7.11 Å². The zero-order chi connectivity index (χ0) is 12.7. The first kappa shape index (κ1) is 13.8. The van der Waals surface area contributed by atoms with E-state index >= 15 is 0 Å². The number of hydrogen-bond donors (Lipinski definition) is 1. The SMILES string of the molecule is CCNC(COc1ccccc1OC)C(C)C. The van der Waals surface area contributed by atoms with Gasteiger partial charge in [-0.3, -0.25) is 0 Å². The van der Waals surface area contributed by atoms with Gasteiger partial charge in [-0.2, -0.15) is 0 Å². The minimum absolute atomic E-state index is 0.366. The molecule has 0 aromatic heterocycles. The Bertz CT molecular complexity index is 326. The molecule has 1 aromatic rings. The molecule has 96 valence electrons. The molecule has 0 saturated heterocycles. The van der Waals surface area contributed by atoms with Gasteiger partial charge in [-0.05, 0) is 24.6 Å². The summed E-state index contributed by atoms with van der Waals surface area (Å²) in [5.74, 6) is 2.13. The van der Waals surface area contributed by atoms with Gasteiger partial charge in [0.2, 0.25) is 0 Å². The highest BCUT2D eigenvalue weighted by Gasteiger charge is 2.13. The highest BCUT2D eigenvalue weighted by molar-refractivity contribution is 5.39. The summed E-state index contributed by atoms with van der Waals surface area (Å²) in [6, 6.07) is 8.10. The third-order valence-corrected chi connectivity index (χ3v) is 2.76. The summed E-state index contributed by atoms with van der Waals surface area (Å²) in [5.41, 5.74) is 0. The van der Waals surface area contributed by atoms with E-state index in [2.05, 4.69) is 26.1 Å². The zero-order valence-corrected chi connectivity index (χ0v) is 11.2. The fourth-order valence-electron chi connectivity index (χ4n) is 1.67. The molecule has 0 spiro atoms. The molecular weight excluding hydrogens is 214 g/mol. The van der Waals surface area contributed by atoms with Gasteiger partial charge in [0.15, 0.2) is 11.5 Å². The molecule has 3 nitrogen and oxygen atoms in total. The number of rotatable bonds is 7. The van der Waals surface area contributed by atoms with Crippen molar-refractivity contribution in [1.29, 1.82) is 0 Å². The molecule has 0 aliphatic heterocycles. The van der Waals surface area contributed by atoms with Gasteiger partial charge in [0.05, 0.1) is 7.11 Å². The van der Waals surface area contributed by atoms with Crippen molar-refractivity contribution in [2.24, 2.45) is 5.92 Å². The Kier molecular flexibility index (Phi) is 5.84. The first-order valence-electron chi connectivity index (χ1n) is 6.18. The van der Waals surface area contributed by atoms with Gasteiger partial charge in [-0.25, -0.2) is 0 Å². The van der Waals surface area contributed by atoms with Gasteiger partial charge in [0.1, 0.15) is 6.61 Å². The Balaban J connectivity index is 2.58. The molecule has 1 aromatic carbocycles. The molecule has 0 fully saturated rings. The molecule has 0 amide bonds. The van der Waals surface area contributed by atoms with Crippen molar-refractivity contribution >= 4 is 0 Å². The molecule has 1 N–H and O–H groups in total. The largest absolute Gasteiger partial charge is 0.493 e. The second-order valence-corrected chi connectivity index (χ2v) is 4.37. The Morgan fingerprint density at radius 1 is 1.18 bits per heavy atom. The minimum atomic E-state index is 0.366. The van der Waals surface area contributed by atoms with E-state index in [0.717, 1.165) is 18.0 Å². The van der Waals surface area contributed by atoms with Crippen LogP contribution in [0.2, 0.25) is 0 Å². The quantitative estimate of drug-likeness (QED) is 0.791. The highest BCUT2D eigenvalue weighted by atomic mass is 16.5. The van der Waals surface area contributed by atoms with Crippen LogP contribution in [0, 0.1) is 5.92 Å². The molecule has 3 heteroatoms. The van der Waals surface area contributed by atoms with E-state index in [4.69, 9.17) is 9.47 Å². The number of benzene rings is 1. The molecule has 0 heterocycles. The third-order valence-electron chi connectivity index (χ3n) is 2.76. The normalized spacial score (nSPS) is 12.5. The summed E-state index contributed by atoms with van der Waals surface area (Å²) in [6.45, 7) is 8.11. The van der Waals surface area contributed by atoms with Crippen LogP contribution in [0.5, 0.6) is 11.5 Å². The number of ether oxygens (including phenoxy) is 2. The summed E-state index contributed by atoms with van der Waals surface area (Å²) in [5, 5.41) is 3.42. The lowest BCUT2D eigenvalue weighted by Crippen LogP contribution is -2.38. The van der Waals surface area contributed by atoms with Crippen LogP contribution >= 0.6 is 0 Å². The number of likely N-dealkylation sites (N-methyl/N-ethyl adjacent to an activating group) is 1. The third kappa shape index (κ3) is 4.27. The van der Waals surface area contributed by atoms with Crippen LogP contribution in [0.15, 0.2) is 24.3 Å². The number of methoxy groups -OCH3 is 1. The van der Waals surface area contributed by atoms with Crippen molar-refractivity contribution in [3.05, 3.63) is 24.3 Å². The molecule has 1 unspecified atom stereocenters. The second kappa shape index (κ2) is 7.17. The predicted molar refractivity (Wildman–Crippen MR) is 70.8 cm³/mol. The van der Waals surface area contributed by atoms with Crippen LogP contribution in [-0.2, 0) is 0 Å². The zero-order valence-electron chi connectivity index (χ0n) is 11.2. The maximum absolute atomic E-state index is 5.82. The van der Waals surface area contributed by atoms with Crippen molar-refractivity contribution in [1.82, 2.24) is 5.32 Å². The lowest BCUT2D eigenvalue weighted by Gasteiger charge is -2.22. The van der Waals surface area contributed by atoms with Gasteiger partial charge in [0.25, 0.3) is 0 Å². The smallest absolute Gasteiger partial charge is 0.161 e. The van der Waals surface area contributed by atoms with Crippen LogP contribution in [-0.4, -0.2) is 26.3 Å². The molecule has 0 aliphatic rings. The Morgan fingerprint density at radius 3 is 2.35 bits per heavy atom. The Labute approximate surface area is 104 Å². The van der Waals surface area contributed by atoms with Gasteiger partial charge < -0.3 is 14.8 Å². The van der Waals surface area contributed by atoms with Crippen LogP contribution in [0.4, 0.5) is 0 Å². The van der Waals surface area contributed by atoms with E-state index in [9.17, 15) is 0 Å². The molecular formula is C14H23NO2. The number of para-hydroxylation sites is 2. The fraction of sp³-hybridized carbons (Fsp3) is 0.571. The predicted octanol–water partition coefficient (Wildman–Crippen LogP) is 2.71. The molecule has 0 aliphatic carbocycles. The highest BCUT2D eigenvalue weighted by Crippen LogP contribution is 2.26. The lowest BCUT2D eigenvalue weighted by atomic mass is 10.1. The molecule has 0 saturated carbocycles. The van der Waals surface area contributed by atoms with Gasteiger partial charge in [0, 0.05) is 6.04 Å².